The van der Waals surface area contributed by atoms with E-state index in [1.165, 1.54) is 6.42 Å². The molecule has 0 atom stereocenters. The number of primary amides is 1. The van der Waals surface area contributed by atoms with Gasteiger partial charge in [-0.2, -0.15) is 0 Å². The van der Waals surface area contributed by atoms with Crippen molar-refractivity contribution in [3.05, 3.63) is 36.5 Å². The Morgan fingerprint density at radius 1 is 1.32 bits per heavy atom. The van der Waals surface area contributed by atoms with Gasteiger partial charge in [0.05, 0.1) is 11.0 Å². The highest BCUT2D eigenvalue weighted by atomic mass is 16.2. The maximum absolute atomic E-state index is 12.2. The van der Waals surface area contributed by atoms with Gasteiger partial charge in [0.2, 0.25) is 5.78 Å². The van der Waals surface area contributed by atoms with Gasteiger partial charge in [0, 0.05) is 13.0 Å². The van der Waals surface area contributed by atoms with Gasteiger partial charge in [-0.3, -0.25) is 10.2 Å². The molecule has 22 heavy (non-hydrogen) atoms. The topological polar surface area (TPSA) is 140 Å². The van der Waals surface area contributed by atoms with Gasteiger partial charge in [-0.15, -0.1) is 0 Å². The lowest BCUT2D eigenvalue weighted by molar-refractivity contribution is 0.101. The first kappa shape index (κ1) is 15.5. The average molecular weight is 301 g/mol. The van der Waals surface area contributed by atoms with Gasteiger partial charge in [-0.05, 0) is 25.0 Å². The number of unbranched alkanes of at least 4 members (excludes halogenated alkanes) is 1. The van der Waals surface area contributed by atoms with Crippen LogP contribution in [0.15, 0.2) is 24.3 Å². The number of guanidine groups is 1. The molecule has 8 nitrogen and oxygen atoms in total. The lowest BCUT2D eigenvalue weighted by Gasteiger charge is -2.04. The van der Waals surface area contributed by atoms with Crippen molar-refractivity contribution in [2.45, 2.75) is 12.8 Å². The first-order valence-electron chi connectivity index (χ1n) is 6.73. The van der Waals surface area contributed by atoms with Crippen molar-refractivity contribution in [3.63, 3.8) is 0 Å². The lowest BCUT2D eigenvalue weighted by Crippen LogP contribution is -2.31. The molecule has 0 fully saturated rings. The van der Waals surface area contributed by atoms with E-state index in [-0.39, 0.29) is 17.6 Å². The Hall–Kier alpha value is -2.90. The quantitative estimate of drug-likeness (QED) is 0.268. The number of hydrogen-bond donors (Lipinski definition) is 4. The van der Waals surface area contributed by atoms with E-state index < -0.39 is 6.03 Å². The number of carbonyl (C=O) groups is 2. The van der Waals surface area contributed by atoms with Crippen LogP contribution in [0.5, 0.6) is 0 Å². The molecular weight excluding hydrogens is 284 g/mol. The smallest absolute Gasteiger partial charge is 0.325 e. The minimum absolute atomic E-state index is 0.00762. The molecule has 1 amide bonds. The normalized spacial score (nSPS) is 10.5. The summed E-state index contributed by atoms with van der Waals surface area (Å²) in [5.74, 6) is -0.465. The van der Waals surface area contributed by atoms with Crippen LogP contribution in [0.1, 0.15) is 23.5 Å². The number of fused-ring (bicyclic) bond motifs is 1. The number of nitrogens with two attached hydrogens (primary N) is 2. The van der Waals surface area contributed by atoms with E-state index >= 15 is 0 Å². The van der Waals surface area contributed by atoms with Crippen molar-refractivity contribution < 1.29 is 9.59 Å². The Bertz CT molecular complexity index is 721. The molecule has 1 radical (unpaired) electrons. The number of nitrogens with zero attached hydrogens (tertiary/aromatic N) is 2. The summed E-state index contributed by atoms with van der Waals surface area (Å²) in [6.45, 7) is 0.491. The zero-order valence-corrected chi connectivity index (χ0v) is 11.9. The maximum Gasteiger partial charge on any atom is 0.325 e. The maximum atomic E-state index is 12.2. The zero-order valence-electron chi connectivity index (χ0n) is 11.9. The summed E-state index contributed by atoms with van der Waals surface area (Å²) in [4.78, 5) is 28.0. The van der Waals surface area contributed by atoms with Gasteiger partial charge < -0.3 is 16.8 Å². The van der Waals surface area contributed by atoms with Gasteiger partial charge in [0.25, 0.3) is 0 Å². The SMILES string of the molecule is N=C(N)NCCC[CH]C(=O)c1nc2ccccc2n1C(N)=O. The summed E-state index contributed by atoms with van der Waals surface area (Å²) in [5.41, 5.74) is 11.5. The van der Waals surface area contributed by atoms with Crippen molar-refractivity contribution in [1.29, 1.82) is 5.41 Å². The van der Waals surface area contributed by atoms with Crippen molar-refractivity contribution in [2.75, 3.05) is 6.54 Å². The van der Waals surface area contributed by atoms with Crippen molar-refractivity contribution in [3.8, 4) is 0 Å². The number of ketones is 1. The second-order valence-corrected chi connectivity index (χ2v) is 4.65. The summed E-state index contributed by atoms with van der Waals surface area (Å²) >= 11 is 0. The van der Waals surface area contributed by atoms with E-state index in [4.69, 9.17) is 16.9 Å². The van der Waals surface area contributed by atoms with Crippen LogP contribution in [0.25, 0.3) is 11.0 Å². The molecule has 2 rings (SSSR count). The first-order chi connectivity index (χ1) is 10.5. The van der Waals surface area contributed by atoms with Crippen LogP contribution in [0.4, 0.5) is 4.79 Å². The molecule has 0 saturated heterocycles. The molecule has 6 N–H and O–H groups in total. The number of aromatic nitrogens is 2. The molecular formula is C14H17N6O2. The predicted molar refractivity (Wildman–Crippen MR) is 82.5 cm³/mol. The monoisotopic (exact) mass is 301 g/mol. The number of rotatable bonds is 6. The minimum Gasteiger partial charge on any atom is -0.370 e. The second kappa shape index (κ2) is 6.70. The van der Waals surface area contributed by atoms with Crippen LogP contribution in [-0.2, 0) is 0 Å². The van der Waals surface area contributed by atoms with Crippen LogP contribution in [0, 0.1) is 11.8 Å². The standard InChI is InChI=1S/C14H17N6O2/c15-13(16)18-8-4-3-7-11(21)12-19-9-5-1-2-6-10(9)20(12)14(17)22/h1-2,5-7H,3-4,8H2,(H2,17,22)(H4,15,16,18). The largest absolute Gasteiger partial charge is 0.370 e. The highest BCUT2D eigenvalue weighted by Crippen LogP contribution is 2.17. The summed E-state index contributed by atoms with van der Waals surface area (Å²) in [5, 5.41) is 9.66. The highest BCUT2D eigenvalue weighted by Gasteiger charge is 2.20. The molecule has 1 aromatic heterocycles. The molecule has 0 aliphatic heterocycles. The number of nitrogens with one attached hydrogen (secondary N) is 2. The summed E-state index contributed by atoms with van der Waals surface area (Å²) < 4.78 is 1.11. The van der Waals surface area contributed by atoms with Gasteiger partial charge >= 0.3 is 6.03 Å². The number of hydrogen-bond acceptors (Lipinski definition) is 4. The number of imidazole rings is 1. The van der Waals surface area contributed by atoms with Gasteiger partial charge in [0.1, 0.15) is 0 Å². The van der Waals surface area contributed by atoms with E-state index in [1.54, 1.807) is 24.3 Å². The van der Waals surface area contributed by atoms with E-state index in [0.717, 1.165) is 4.57 Å². The van der Waals surface area contributed by atoms with E-state index in [9.17, 15) is 9.59 Å². The Balaban J connectivity index is 2.09. The van der Waals surface area contributed by atoms with Crippen LogP contribution >= 0.6 is 0 Å². The number of carbonyl (C=O) groups excluding carboxylic acids is 2. The number of benzene rings is 1. The van der Waals surface area contributed by atoms with Crippen LogP contribution < -0.4 is 16.8 Å². The van der Waals surface area contributed by atoms with E-state index in [2.05, 4.69) is 10.3 Å². The minimum atomic E-state index is -0.747. The third-order valence-corrected chi connectivity index (χ3v) is 3.03. The first-order valence-corrected chi connectivity index (χ1v) is 6.73. The molecule has 0 bridgehead atoms. The van der Waals surface area contributed by atoms with Gasteiger partial charge in [-0.1, -0.05) is 12.1 Å². The molecule has 115 valence electrons. The molecule has 2 aromatic rings. The Morgan fingerprint density at radius 2 is 2.05 bits per heavy atom. The van der Waals surface area contributed by atoms with E-state index in [1.807, 2.05) is 0 Å². The molecule has 0 saturated carbocycles. The molecule has 1 heterocycles. The Morgan fingerprint density at radius 3 is 2.73 bits per heavy atom. The molecule has 0 aliphatic rings. The zero-order chi connectivity index (χ0) is 16.1. The van der Waals surface area contributed by atoms with Gasteiger partial charge in [0.15, 0.2) is 11.8 Å². The number of para-hydroxylation sites is 2. The summed E-state index contributed by atoms with van der Waals surface area (Å²) in [7, 11) is 0. The number of amides is 1. The molecule has 1 aromatic carbocycles. The molecule has 8 heteroatoms. The van der Waals surface area contributed by atoms with Crippen molar-refractivity contribution >= 4 is 28.8 Å². The van der Waals surface area contributed by atoms with Crippen molar-refractivity contribution in [2.24, 2.45) is 11.5 Å². The highest BCUT2D eigenvalue weighted by molar-refractivity contribution is 6.05. The fourth-order valence-electron chi connectivity index (χ4n) is 2.06. The fraction of sp³-hybridized carbons (Fsp3) is 0.214. The van der Waals surface area contributed by atoms with Crippen LogP contribution in [-0.4, -0.2) is 33.9 Å². The summed E-state index contributed by atoms with van der Waals surface area (Å²) in [6, 6.07) is 6.16. The number of Topliss-reactive ketones (excluding diaryl/α,β-unsaturated/α-hetero) is 1. The van der Waals surface area contributed by atoms with Crippen molar-refractivity contribution in [1.82, 2.24) is 14.9 Å². The third kappa shape index (κ3) is 3.40. The van der Waals surface area contributed by atoms with Crippen LogP contribution in [0.2, 0.25) is 0 Å². The fourth-order valence-corrected chi connectivity index (χ4v) is 2.06. The van der Waals surface area contributed by atoms with Gasteiger partial charge in [-0.25, -0.2) is 14.3 Å². The molecule has 0 spiro atoms. The third-order valence-electron chi connectivity index (χ3n) is 3.03. The predicted octanol–water partition coefficient (Wildman–Crippen LogP) is 0.613. The molecule has 0 aliphatic carbocycles. The lowest BCUT2D eigenvalue weighted by atomic mass is 10.1. The van der Waals surface area contributed by atoms with Crippen LogP contribution in [0.3, 0.4) is 0 Å². The van der Waals surface area contributed by atoms with E-state index in [0.29, 0.717) is 30.4 Å². The second-order valence-electron chi connectivity index (χ2n) is 4.65. The Labute approximate surface area is 127 Å². The molecule has 0 unspecified atom stereocenters. The Kier molecular flexibility index (Phi) is 4.72. The summed E-state index contributed by atoms with van der Waals surface area (Å²) in [6.07, 6.45) is 2.55. The average Bonchev–Trinajstić information content (AvgIpc) is 2.85.